The molecule has 2 N–H and O–H groups in total. The third-order valence-electron chi connectivity index (χ3n) is 4.47. The maximum atomic E-state index is 12.7. The van der Waals surface area contributed by atoms with Gasteiger partial charge in [-0.05, 0) is 61.1 Å². The molecule has 0 heterocycles. The lowest BCUT2D eigenvalue weighted by molar-refractivity contribution is -0.117. The molecule has 3 aromatic rings. The Morgan fingerprint density at radius 3 is 2.48 bits per heavy atom. The summed E-state index contributed by atoms with van der Waals surface area (Å²) in [5.74, 6) is -0.578. The van der Waals surface area contributed by atoms with Gasteiger partial charge in [-0.3, -0.25) is 14.5 Å². The third-order valence-corrected chi connectivity index (χ3v) is 4.72. The predicted molar refractivity (Wildman–Crippen MR) is 122 cm³/mol. The summed E-state index contributed by atoms with van der Waals surface area (Å²) >= 11 is 5.88. The summed E-state index contributed by atoms with van der Waals surface area (Å²) in [6.45, 7) is 0.644. The Balaban J connectivity index is 1.62. The Labute approximate surface area is 186 Å². The fourth-order valence-corrected chi connectivity index (χ4v) is 3.19. The zero-order valence-corrected chi connectivity index (χ0v) is 17.7. The summed E-state index contributed by atoms with van der Waals surface area (Å²) in [4.78, 5) is 27.1. The molecule has 156 valence electrons. The number of hydrogen-bond donors (Lipinski definition) is 2. The molecule has 0 radical (unpaired) electrons. The molecule has 0 unspecified atom stereocenters. The van der Waals surface area contributed by atoms with Crippen LogP contribution in [-0.4, -0.2) is 30.3 Å². The van der Waals surface area contributed by atoms with Gasteiger partial charge in [0.05, 0.1) is 29.4 Å². The van der Waals surface area contributed by atoms with E-state index in [0.717, 1.165) is 5.56 Å². The number of carbonyl (C=O) groups excluding carboxylic acids is 2. The first-order valence-corrected chi connectivity index (χ1v) is 9.96. The van der Waals surface area contributed by atoms with E-state index < -0.39 is 0 Å². The monoisotopic (exact) mass is 432 g/mol. The molecule has 6 nitrogen and oxygen atoms in total. The van der Waals surface area contributed by atoms with E-state index in [2.05, 4.69) is 16.7 Å². The molecule has 3 aromatic carbocycles. The number of likely N-dealkylation sites (N-methyl/N-ethyl adjacent to an activating group) is 1. The van der Waals surface area contributed by atoms with Gasteiger partial charge < -0.3 is 10.6 Å². The number of hydrogen-bond acceptors (Lipinski definition) is 4. The number of carbonyl (C=O) groups is 2. The summed E-state index contributed by atoms with van der Waals surface area (Å²) < 4.78 is 0. The standard InChI is InChI=1S/C24H21ClN4O2/c1-29(15-18-6-4-5-17(13-18)14-26)16-23(30)28-22-8-3-2-7-21(22)24(31)27-20-11-9-19(25)10-12-20/h2-13H,15-16H2,1H3,(H,27,31)(H,28,30). The van der Waals surface area contributed by atoms with Crippen molar-refractivity contribution >= 4 is 34.8 Å². The average Bonchev–Trinajstić information content (AvgIpc) is 2.75. The Morgan fingerprint density at radius 2 is 1.74 bits per heavy atom. The van der Waals surface area contributed by atoms with Crippen LogP contribution in [-0.2, 0) is 11.3 Å². The topological polar surface area (TPSA) is 85.2 Å². The molecule has 7 heteroatoms. The lowest BCUT2D eigenvalue weighted by atomic mass is 10.1. The summed E-state index contributed by atoms with van der Waals surface area (Å²) in [7, 11) is 1.82. The molecule has 0 saturated heterocycles. The molecule has 3 rings (SSSR count). The van der Waals surface area contributed by atoms with Crippen LogP contribution >= 0.6 is 11.6 Å². The summed E-state index contributed by atoms with van der Waals surface area (Å²) in [6.07, 6.45) is 0. The maximum absolute atomic E-state index is 12.7. The van der Waals surface area contributed by atoms with Crippen LogP contribution in [0.25, 0.3) is 0 Å². The van der Waals surface area contributed by atoms with Gasteiger partial charge in [-0.15, -0.1) is 0 Å². The largest absolute Gasteiger partial charge is 0.324 e. The molecule has 0 aliphatic rings. The van der Waals surface area contributed by atoms with Crippen LogP contribution in [0.3, 0.4) is 0 Å². The van der Waals surface area contributed by atoms with E-state index in [0.29, 0.717) is 34.1 Å². The van der Waals surface area contributed by atoms with Gasteiger partial charge >= 0.3 is 0 Å². The van der Waals surface area contributed by atoms with Gasteiger partial charge in [0.1, 0.15) is 0 Å². The Bertz CT molecular complexity index is 1120. The van der Waals surface area contributed by atoms with Crippen molar-refractivity contribution in [1.29, 1.82) is 5.26 Å². The van der Waals surface area contributed by atoms with Crippen LogP contribution in [0.4, 0.5) is 11.4 Å². The molecular formula is C24H21ClN4O2. The second kappa shape index (κ2) is 10.4. The van der Waals surface area contributed by atoms with Gasteiger partial charge in [-0.25, -0.2) is 0 Å². The van der Waals surface area contributed by atoms with Crippen molar-refractivity contribution in [2.45, 2.75) is 6.54 Å². The van der Waals surface area contributed by atoms with Gasteiger partial charge in [-0.2, -0.15) is 5.26 Å². The highest BCUT2D eigenvalue weighted by atomic mass is 35.5. The molecule has 31 heavy (non-hydrogen) atoms. The normalized spacial score (nSPS) is 10.4. The van der Waals surface area contributed by atoms with Crippen molar-refractivity contribution in [3.8, 4) is 6.07 Å². The first kappa shape index (κ1) is 22.0. The number of nitrogens with zero attached hydrogens (tertiary/aromatic N) is 2. The van der Waals surface area contributed by atoms with Gasteiger partial charge in [0.25, 0.3) is 5.91 Å². The van der Waals surface area contributed by atoms with E-state index in [1.54, 1.807) is 60.7 Å². The minimum atomic E-state index is -0.333. The van der Waals surface area contributed by atoms with Crippen LogP contribution in [0, 0.1) is 11.3 Å². The van der Waals surface area contributed by atoms with Crippen molar-refractivity contribution in [1.82, 2.24) is 4.90 Å². The molecule has 0 spiro atoms. The van der Waals surface area contributed by atoms with Gasteiger partial charge in [0, 0.05) is 17.3 Å². The number of nitrogens with one attached hydrogen (secondary N) is 2. The fourth-order valence-electron chi connectivity index (χ4n) is 3.06. The van der Waals surface area contributed by atoms with Crippen LogP contribution in [0.2, 0.25) is 5.02 Å². The van der Waals surface area contributed by atoms with E-state index in [9.17, 15) is 9.59 Å². The van der Waals surface area contributed by atoms with E-state index in [4.69, 9.17) is 16.9 Å². The number of para-hydroxylation sites is 1. The summed E-state index contributed by atoms with van der Waals surface area (Å²) in [5.41, 5.74) is 2.91. The van der Waals surface area contributed by atoms with Crippen molar-refractivity contribution < 1.29 is 9.59 Å². The number of nitriles is 1. The minimum Gasteiger partial charge on any atom is -0.324 e. The van der Waals surface area contributed by atoms with E-state index in [-0.39, 0.29) is 18.4 Å². The van der Waals surface area contributed by atoms with E-state index in [1.807, 2.05) is 24.1 Å². The predicted octanol–water partition coefficient (Wildman–Crippen LogP) is 4.53. The van der Waals surface area contributed by atoms with Crippen LogP contribution in [0.1, 0.15) is 21.5 Å². The van der Waals surface area contributed by atoms with Crippen LogP contribution in [0.5, 0.6) is 0 Å². The highest BCUT2D eigenvalue weighted by Gasteiger charge is 2.14. The highest BCUT2D eigenvalue weighted by molar-refractivity contribution is 6.30. The molecule has 0 aliphatic heterocycles. The maximum Gasteiger partial charge on any atom is 0.257 e. The fraction of sp³-hybridized carbons (Fsp3) is 0.125. The SMILES string of the molecule is CN(CC(=O)Nc1ccccc1C(=O)Nc1ccc(Cl)cc1)Cc1cccc(C#N)c1. The number of halogens is 1. The lowest BCUT2D eigenvalue weighted by Gasteiger charge is -2.17. The lowest BCUT2D eigenvalue weighted by Crippen LogP contribution is -2.30. The molecule has 0 fully saturated rings. The van der Waals surface area contributed by atoms with Crippen molar-refractivity contribution in [3.63, 3.8) is 0 Å². The molecule has 0 aliphatic carbocycles. The first-order valence-electron chi connectivity index (χ1n) is 9.58. The molecule has 2 amide bonds. The second-order valence-electron chi connectivity index (χ2n) is 7.04. The van der Waals surface area contributed by atoms with Crippen LogP contribution < -0.4 is 10.6 Å². The smallest absolute Gasteiger partial charge is 0.257 e. The third kappa shape index (κ3) is 6.41. The van der Waals surface area contributed by atoms with Gasteiger partial charge in [0.2, 0.25) is 5.91 Å². The highest BCUT2D eigenvalue weighted by Crippen LogP contribution is 2.19. The van der Waals surface area contributed by atoms with Crippen molar-refractivity contribution in [2.75, 3.05) is 24.2 Å². The van der Waals surface area contributed by atoms with Crippen molar-refractivity contribution in [3.05, 3.63) is 94.5 Å². The van der Waals surface area contributed by atoms with E-state index in [1.165, 1.54) is 0 Å². The molecule has 0 bridgehead atoms. The van der Waals surface area contributed by atoms with Crippen molar-refractivity contribution in [2.24, 2.45) is 0 Å². The quantitative estimate of drug-likeness (QED) is 0.574. The first-order chi connectivity index (χ1) is 14.9. The molecule has 0 saturated carbocycles. The van der Waals surface area contributed by atoms with Gasteiger partial charge in [-0.1, -0.05) is 35.9 Å². The molecular weight excluding hydrogens is 412 g/mol. The summed E-state index contributed by atoms with van der Waals surface area (Å²) in [6, 6.07) is 23.0. The summed E-state index contributed by atoms with van der Waals surface area (Å²) in [5, 5.41) is 15.2. The Kier molecular flexibility index (Phi) is 7.39. The Hall–Kier alpha value is -3.66. The van der Waals surface area contributed by atoms with Crippen LogP contribution in [0.15, 0.2) is 72.8 Å². The van der Waals surface area contributed by atoms with E-state index >= 15 is 0 Å². The second-order valence-corrected chi connectivity index (χ2v) is 7.48. The zero-order chi connectivity index (χ0) is 22.2. The minimum absolute atomic E-state index is 0.129. The Morgan fingerprint density at radius 1 is 1.00 bits per heavy atom. The molecule has 0 atom stereocenters. The number of benzene rings is 3. The average molecular weight is 433 g/mol. The zero-order valence-electron chi connectivity index (χ0n) is 16.9. The number of amides is 2. The molecule has 0 aromatic heterocycles. The van der Waals surface area contributed by atoms with Gasteiger partial charge in [0.15, 0.2) is 0 Å². The number of rotatable bonds is 7. The number of anilines is 2.